The zero-order chi connectivity index (χ0) is 13.1. The third-order valence-corrected chi connectivity index (χ3v) is 2.56. The molecule has 6 nitrogen and oxygen atoms in total. The van der Waals surface area contributed by atoms with E-state index in [1.807, 2.05) is 18.2 Å². The molecule has 2 aromatic heterocycles. The Morgan fingerprint density at radius 1 is 1.16 bits per heavy atom. The minimum absolute atomic E-state index is 0.0395. The molecule has 3 aromatic rings. The molecule has 0 radical (unpaired) electrons. The molecular weight excluding hydrogens is 242 g/mol. The summed E-state index contributed by atoms with van der Waals surface area (Å²) in [5, 5.41) is 8.44. The average Bonchev–Trinajstić information content (AvgIpc) is 2.89. The summed E-state index contributed by atoms with van der Waals surface area (Å²) in [5.74, 6) is 1.35. The van der Waals surface area contributed by atoms with Gasteiger partial charge in [0.15, 0.2) is 17.9 Å². The SMILES string of the molecule is N#CCOc1ccc(-c2nc3nccnc3[nH]2)cc1. The molecule has 0 saturated carbocycles. The van der Waals surface area contributed by atoms with Crippen molar-refractivity contribution in [3.63, 3.8) is 0 Å². The van der Waals surface area contributed by atoms with Gasteiger partial charge < -0.3 is 9.72 Å². The van der Waals surface area contributed by atoms with Crippen molar-refractivity contribution in [1.29, 1.82) is 5.26 Å². The second-order valence-electron chi connectivity index (χ2n) is 3.79. The van der Waals surface area contributed by atoms with Crippen LogP contribution in [0.2, 0.25) is 0 Å². The summed E-state index contributed by atoms with van der Waals surface area (Å²) in [5.41, 5.74) is 2.15. The number of ether oxygens (including phenoxy) is 1. The van der Waals surface area contributed by atoms with E-state index in [9.17, 15) is 0 Å². The normalized spacial score (nSPS) is 10.3. The number of nitrogens with zero attached hydrogens (tertiary/aromatic N) is 4. The molecule has 0 aliphatic rings. The summed E-state index contributed by atoms with van der Waals surface area (Å²) in [4.78, 5) is 15.7. The van der Waals surface area contributed by atoms with Crippen LogP contribution in [0.4, 0.5) is 0 Å². The molecule has 92 valence electrons. The highest BCUT2D eigenvalue weighted by Gasteiger charge is 2.06. The monoisotopic (exact) mass is 251 g/mol. The Bertz CT molecular complexity index is 709. The molecule has 0 unspecified atom stereocenters. The largest absolute Gasteiger partial charge is 0.479 e. The van der Waals surface area contributed by atoms with Crippen LogP contribution in [-0.4, -0.2) is 26.5 Å². The quantitative estimate of drug-likeness (QED) is 0.768. The van der Waals surface area contributed by atoms with Crippen LogP contribution in [0, 0.1) is 11.3 Å². The lowest BCUT2D eigenvalue weighted by molar-refractivity contribution is 0.368. The lowest BCUT2D eigenvalue weighted by atomic mass is 10.2. The van der Waals surface area contributed by atoms with Crippen molar-refractivity contribution < 1.29 is 4.74 Å². The molecule has 19 heavy (non-hydrogen) atoms. The fourth-order valence-corrected chi connectivity index (χ4v) is 1.71. The lowest BCUT2D eigenvalue weighted by Gasteiger charge is -2.01. The number of imidazole rings is 1. The van der Waals surface area contributed by atoms with Gasteiger partial charge in [-0.05, 0) is 24.3 Å². The number of aromatic amines is 1. The topological polar surface area (TPSA) is 87.5 Å². The van der Waals surface area contributed by atoms with E-state index >= 15 is 0 Å². The molecule has 0 saturated heterocycles. The van der Waals surface area contributed by atoms with E-state index in [1.165, 1.54) is 0 Å². The molecule has 0 amide bonds. The molecule has 2 heterocycles. The number of hydrogen-bond donors (Lipinski definition) is 1. The first-order valence-electron chi connectivity index (χ1n) is 5.64. The van der Waals surface area contributed by atoms with E-state index in [2.05, 4.69) is 19.9 Å². The van der Waals surface area contributed by atoms with E-state index in [4.69, 9.17) is 10.00 Å². The highest BCUT2D eigenvalue weighted by Crippen LogP contribution is 2.21. The number of benzene rings is 1. The van der Waals surface area contributed by atoms with Crippen LogP contribution in [0.3, 0.4) is 0 Å². The molecule has 1 N–H and O–H groups in total. The average molecular weight is 251 g/mol. The number of nitriles is 1. The van der Waals surface area contributed by atoms with Gasteiger partial charge in [0.05, 0.1) is 0 Å². The zero-order valence-corrected chi connectivity index (χ0v) is 9.87. The smallest absolute Gasteiger partial charge is 0.197 e. The Morgan fingerprint density at radius 3 is 2.68 bits per heavy atom. The Morgan fingerprint density at radius 2 is 1.95 bits per heavy atom. The van der Waals surface area contributed by atoms with Gasteiger partial charge in [0.25, 0.3) is 0 Å². The molecular formula is C13H9N5O. The number of aromatic nitrogens is 4. The Labute approximate surface area is 108 Å². The van der Waals surface area contributed by atoms with Crippen molar-refractivity contribution in [2.45, 2.75) is 0 Å². The van der Waals surface area contributed by atoms with Gasteiger partial charge in [-0.15, -0.1) is 0 Å². The number of hydrogen-bond acceptors (Lipinski definition) is 5. The van der Waals surface area contributed by atoms with E-state index in [0.717, 1.165) is 5.56 Å². The summed E-state index contributed by atoms with van der Waals surface area (Å²) in [6, 6.07) is 9.24. The van der Waals surface area contributed by atoms with Crippen LogP contribution in [-0.2, 0) is 0 Å². The molecule has 1 aromatic carbocycles. The Hall–Kier alpha value is -2.94. The van der Waals surface area contributed by atoms with Gasteiger partial charge in [-0.1, -0.05) is 0 Å². The van der Waals surface area contributed by atoms with Crippen molar-refractivity contribution in [2.75, 3.05) is 6.61 Å². The molecule has 0 atom stereocenters. The maximum Gasteiger partial charge on any atom is 0.197 e. The standard InChI is InChI=1S/C13H9N5O/c14-5-8-19-10-3-1-9(2-4-10)11-17-12-13(18-11)16-7-6-15-12/h1-4,6-7H,8H2,(H,15,16,17,18). The van der Waals surface area contributed by atoms with E-state index in [-0.39, 0.29) is 6.61 Å². The highest BCUT2D eigenvalue weighted by atomic mass is 16.5. The maximum atomic E-state index is 8.44. The summed E-state index contributed by atoms with van der Waals surface area (Å²) in [7, 11) is 0. The van der Waals surface area contributed by atoms with Crippen LogP contribution >= 0.6 is 0 Å². The second-order valence-corrected chi connectivity index (χ2v) is 3.79. The van der Waals surface area contributed by atoms with Crippen LogP contribution in [0.15, 0.2) is 36.7 Å². The number of rotatable bonds is 3. The van der Waals surface area contributed by atoms with Gasteiger partial charge in [0.1, 0.15) is 17.6 Å². The van der Waals surface area contributed by atoms with Gasteiger partial charge in [0.2, 0.25) is 0 Å². The van der Waals surface area contributed by atoms with Crippen molar-refractivity contribution in [3.05, 3.63) is 36.7 Å². The van der Waals surface area contributed by atoms with Gasteiger partial charge in [-0.3, -0.25) is 0 Å². The van der Waals surface area contributed by atoms with Crippen LogP contribution in [0.25, 0.3) is 22.7 Å². The van der Waals surface area contributed by atoms with Gasteiger partial charge >= 0.3 is 0 Å². The van der Waals surface area contributed by atoms with Crippen molar-refractivity contribution in [2.24, 2.45) is 0 Å². The Balaban J connectivity index is 1.91. The number of H-pyrrole nitrogens is 1. The van der Waals surface area contributed by atoms with E-state index < -0.39 is 0 Å². The van der Waals surface area contributed by atoms with Gasteiger partial charge in [0, 0.05) is 18.0 Å². The number of fused-ring (bicyclic) bond motifs is 1. The van der Waals surface area contributed by atoms with E-state index in [1.54, 1.807) is 24.5 Å². The summed E-state index contributed by atoms with van der Waals surface area (Å²) >= 11 is 0. The van der Waals surface area contributed by atoms with Crippen LogP contribution in [0.5, 0.6) is 5.75 Å². The lowest BCUT2D eigenvalue weighted by Crippen LogP contribution is -1.92. The molecule has 0 fully saturated rings. The maximum absolute atomic E-state index is 8.44. The molecule has 0 aliphatic heterocycles. The summed E-state index contributed by atoms with van der Waals surface area (Å²) in [6.45, 7) is 0.0395. The number of nitrogens with one attached hydrogen (secondary N) is 1. The molecule has 0 aliphatic carbocycles. The fraction of sp³-hybridized carbons (Fsp3) is 0.0769. The summed E-state index contributed by atoms with van der Waals surface area (Å²) in [6.07, 6.45) is 3.22. The zero-order valence-electron chi connectivity index (χ0n) is 9.87. The minimum atomic E-state index is 0.0395. The predicted molar refractivity (Wildman–Crippen MR) is 68.2 cm³/mol. The van der Waals surface area contributed by atoms with Gasteiger partial charge in [-0.25, -0.2) is 15.0 Å². The van der Waals surface area contributed by atoms with Crippen molar-refractivity contribution in [3.8, 4) is 23.2 Å². The molecule has 0 bridgehead atoms. The highest BCUT2D eigenvalue weighted by molar-refractivity contribution is 5.71. The van der Waals surface area contributed by atoms with Gasteiger partial charge in [-0.2, -0.15) is 5.26 Å². The van der Waals surface area contributed by atoms with Crippen LogP contribution in [0.1, 0.15) is 0 Å². The fourth-order valence-electron chi connectivity index (χ4n) is 1.71. The van der Waals surface area contributed by atoms with E-state index in [0.29, 0.717) is 22.9 Å². The molecule has 6 heteroatoms. The molecule has 3 rings (SSSR count). The molecule has 0 spiro atoms. The van der Waals surface area contributed by atoms with Crippen LogP contribution < -0.4 is 4.74 Å². The first-order chi connectivity index (χ1) is 9.36. The summed E-state index contributed by atoms with van der Waals surface area (Å²) < 4.78 is 5.19. The first-order valence-corrected chi connectivity index (χ1v) is 5.64. The predicted octanol–water partition coefficient (Wildman–Crippen LogP) is 1.92. The van der Waals surface area contributed by atoms with Crippen molar-refractivity contribution in [1.82, 2.24) is 19.9 Å². The third-order valence-electron chi connectivity index (χ3n) is 2.56. The minimum Gasteiger partial charge on any atom is -0.479 e. The van der Waals surface area contributed by atoms with Crippen molar-refractivity contribution >= 4 is 11.3 Å². The second kappa shape index (κ2) is 4.74. The third kappa shape index (κ3) is 2.21. The Kier molecular flexibility index (Phi) is 2.79. The first kappa shape index (κ1) is 11.2.